The Labute approximate surface area is 94.7 Å². The van der Waals surface area contributed by atoms with E-state index in [4.69, 9.17) is 5.73 Å². The van der Waals surface area contributed by atoms with Crippen LogP contribution in [0.3, 0.4) is 0 Å². The number of sulfonamides is 1. The van der Waals surface area contributed by atoms with Gasteiger partial charge in [-0.25, -0.2) is 13.1 Å². The van der Waals surface area contributed by atoms with Gasteiger partial charge in [-0.05, 0) is 18.6 Å². The molecule has 1 rings (SSSR count). The van der Waals surface area contributed by atoms with Gasteiger partial charge >= 0.3 is 0 Å². The van der Waals surface area contributed by atoms with Crippen molar-refractivity contribution in [1.29, 1.82) is 0 Å². The predicted octanol–water partition coefficient (Wildman–Crippen LogP) is 0.225. The van der Waals surface area contributed by atoms with Gasteiger partial charge in [-0.15, -0.1) is 0 Å². The third-order valence-corrected chi connectivity index (χ3v) is 3.49. The van der Waals surface area contributed by atoms with E-state index in [0.717, 1.165) is 0 Å². The SMILES string of the molecule is CCS(=O)(=O)NCc1ccccc1C(N)=O. The molecule has 0 saturated carbocycles. The Balaban J connectivity index is 2.86. The van der Waals surface area contributed by atoms with Crippen LogP contribution in [0.15, 0.2) is 24.3 Å². The maximum atomic E-state index is 11.2. The van der Waals surface area contributed by atoms with Crippen LogP contribution in [0.2, 0.25) is 0 Å². The topological polar surface area (TPSA) is 89.3 Å². The maximum absolute atomic E-state index is 11.2. The number of amides is 1. The van der Waals surface area contributed by atoms with E-state index in [1.54, 1.807) is 31.2 Å². The predicted molar refractivity (Wildman–Crippen MR) is 61.3 cm³/mol. The first kappa shape index (κ1) is 12.7. The summed E-state index contributed by atoms with van der Waals surface area (Å²) in [5, 5.41) is 0. The van der Waals surface area contributed by atoms with E-state index in [1.165, 1.54) is 0 Å². The van der Waals surface area contributed by atoms with Crippen LogP contribution in [0.25, 0.3) is 0 Å². The molecule has 0 unspecified atom stereocenters. The molecule has 0 saturated heterocycles. The smallest absolute Gasteiger partial charge is 0.249 e. The molecule has 0 fully saturated rings. The zero-order chi connectivity index (χ0) is 12.2. The molecule has 6 heteroatoms. The van der Waals surface area contributed by atoms with Gasteiger partial charge in [0.15, 0.2) is 0 Å². The van der Waals surface area contributed by atoms with E-state index < -0.39 is 15.9 Å². The van der Waals surface area contributed by atoms with E-state index in [1.807, 2.05) is 0 Å². The Morgan fingerprint density at radius 1 is 1.38 bits per heavy atom. The monoisotopic (exact) mass is 242 g/mol. The number of nitrogens with one attached hydrogen (secondary N) is 1. The lowest BCUT2D eigenvalue weighted by Crippen LogP contribution is -2.26. The summed E-state index contributed by atoms with van der Waals surface area (Å²) in [4.78, 5) is 11.1. The molecule has 88 valence electrons. The summed E-state index contributed by atoms with van der Waals surface area (Å²) in [6.45, 7) is 1.62. The fraction of sp³-hybridized carbons (Fsp3) is 0.300. The van der Waals surface area contributed by atoms with Crippen molar-refractivity contribution in [2.24, 2.45) is 5.73 Å². The molecule has 1 aromatic carbocycles. The van der Waals surface area contributed by atoms with Crippen molar-refractivity contribution in [3.05, 3.63) is 35.4 Å². The van der Waals surface area contributed by atoms with Crippen LogP contribution < -0.4 is 10.5 Å². The van der Waals surface area contributed by atoms with Gasteiger partial charge in [0.1, 0.15) is 0 Å². The first-order valence-corrected chi connectivity index (χ1v) is 6.46. The summed E-state index contributed by atoms with van der Waals surface area (Å²) < 4.78 is 24.8. The zero-order valence-corrected chi connectivity index (χ0v) is 9.75. The molecule has 0 aliphatic rings. The van der Waals surface area contributed by atoms with Gasteiger partial charge in [0, 0.05) is 12.1 Å². The Morgan fingerprint density at radius 2 is 2.00 bits per heavy atom. The molecule has 0 bridgehead atoms. The highest BCUT2D eigenvalue weighted by Gasteiger charge is 2.10. The van der Waals surface area contributed by atoms with Crippen molar-refractivity contribution in [2.75, 3.05) is 5.75 Å². The molecule has 16 heavy (non-hydrogen) atoms. The second kappa shape index (κ2) is 5.09. The highest BCUT2D eigenvalue weighted by atomic mass is 32.2. The van der Waals surface area contributed by atoms with Crippen molar-refractivity contribution in [3.63, 3.8) is 0 Å². The molecule has 0 atom stereocenters. The lowest BCUT2D eigenvalue weighted by molar-refractivity contribution is 0.0999. The van der Waals surface area contributed by atoms with Gasteiger partial charge in [-0.3, -0.25) is 4.79 Å². The minimum atomic E-state index is -3.26. The highest BCUT2D eigenvalue weighted by Crippen LogP contribution is 2.07. The van der Waals surface area contributed by atoms with Gasteiger partial charge in [-0.1, -0.05) is 18.2 Å². The van der Waals surface area contributed by atoms with E-state index in [0.29, 0.717) is 11.1 Å². The number of carbonyl (C=O) groups excluding carboxylic acids is 1. The minimum absolute atomic E-state index is 0.00569. The standard InChI is InChI=1S/C10H14N2O3S/c1-2-16(14,15)12-7-8-5-3-4-6-9(8)10(11)13/h3-6,12H,2,7H2,1H3,(H2,11,13). The molecule has 3 N–H and O–H groups in total. The van der Waals surface area contributed by atoms with Crippen LogP contribution in [0.5, 0.6) is 0 Å². The van der Waals surface area contributed by atoms with Crippen molar-refractivity contribution in [1.82, 2.24) is 4.72 Å². The number of hydrogen-bond donors (Lipinski definition) is 2. The Hall–Kier alpha value is -1.40. The van der Waals surface area contributed by atoms with E-state index >= 15 is 0 Å². The van der Waals surface area contributed by atoms with E-state index in [-0.39, 0.29) is 12.3 Å². The molecule has 0 aliphatic carbocycles. The summed E-state index contributed by atoms with van der Waals surface area (Å²) in [6, 6.07) is 6.64. The summed E-state index contributed by atoms with van der Waals surface area (Å²) in [6.07, 6.45) is 0. The van der Waals surface area contributed by atoms with Gasteiger partial charge in [0.05, 0.1) is 5.75 Å². The Morgan fingerprint density at radius 3 is 2.56 bits per heavy atom. The number of benzene rings is 1. The average molecular weight is 242 g/mol. The van der Waals surface area contributed by atoms with Crippen LogP contribution in [0.4, 0.5) is 0 Å². The number of nitrogens with two attached hydrogens (primary N) is 1. The van der Waals surface area contributed by atoms with Crippen LogP contribution >= 0.6 is 0 Å². The fourth-order valence-electron chi connectivity index (χ4n) is 1.20. The van der Waals surface area contributed by atoms with Crippen molar-refractivity contribution < 1.29 is 13.2 Å². The second-order valence-corrected chi connectivity index (χ2v) is 5.34. The number of primary amides is 1. The maximum Gasteiger partial charge on any atom is 0.249 e. The molecule has 5 nitrogen and oxygen atoms in total. The Kier molecular flexibility index (Phi) is 4.03. The Bertz CT molecular complexity index is 483. The lowest BCUT2D eigenvalue weighted by Gasteiger charge is -2.07. The van der Waals surface area contributed by atoms with Gasteiger partial charge in [0.2, 0.25) is 15.9 Å². The van der Waals surface area contributed by atoms with Crippen molar-refractivity contribution in [3.8, 4) is 0 Å². The quantitative estimate of drug-likeness (QED) is 0.774. The van der Waals surface area contributed by atoms with Crippen LogP contribution in [0.1, 0.15) is 22.8 Å². The largest absolute Gasteiger partial charge is 0.366 e. The van der Waals surface area contributed by atoms with Gasteiger partial charge in [0.25, 0.3) is 0 Å². The molecule has 0 heterocycles. The normalized spacial score (nSPS) is 11.3. The molecule has 1 aromatic rings. The number of carbonyl (C=O) groups is 1. The number of rotatable bonds is 5. The summed E-state index contributed by atoms with van der Waals surface area (Å²) in [5.41, 5.74) is 6.08. The van der Waals surface area contributed by atoms with Crippen molar-refractivity contribution in [2.45, 2.75) is 13.5 Å². The molecule has 1 amide bonds. The zero-order valence-electron chi connectivity index (χ0n) is 8.93. The molecule has 0 aromatic heterocycles. The van der Waals surface area contributed by atoms with Crippen LogP contribution in [0, 0.1) is 0 Å². The number of hydrogen-bond acceptors (Lipinski definition) is 3. The summed E-state index contributed by atoms with van der Waals surface area (Å²) >= 11 is 0. The van der Waals surface area contributed by atoms with Crippen molar-refractivity contribution >= 4 is 15.9 Å². The molecule has 0 aliphatic heterocycles. The summed E-state index contributed by atoms with van der Waals surface area (Å²) in [7, 11) is -3.26. The minimum Gasteiger partial charge on any atom is -0.366 e. The van der Waals surface area contributed by atoms with E-state index in [9.17, 15) is 13.2 Å². The molecular formula is C10H14N2O3S. The molecular weight excluding hydrogens is 228 g/mol. The average Bonchev–Trinajstić information content (AvgIpc) is 2.27. The first-order chi connectivity index (χ1) is 7.46. The summed E-state index contributed by atoms with van der Waals surface area (Å²) in [5.74, 6) is -0.558. The fourth-order valence-corrected chi connectivity index (χ4v) is 1.78. The highest BCUT2D eigenvalue weighted by molar-refractivity contribution is 7.89. The third-order valence-electron chi connectivity index (χ3n) is 2.15. The van der Waals surface area contributed by atoms with Gasteiger partial charge < -0.3 is 5.73 Å². The lowest BCUT2D eigenvalue weighted by atomic mass is 10.1. The molecule has 0 radical (unpaired) electrons. The van der Waals surface area contributed by atoms with Crippen LogP contribution in [-0.4, -0.2) is 20.1 Å². The van der Waals surface area contributed by atoms with E-state index in [2.05, 4.69) is 4.72 Å². The molecule has 0 spiro atoms. The van der Waals surface area contributed by atoms with Crippen LogP contribution in [-0.2, 0) is 16.6 Å². The third kappa shape index (κ3) is 3.32. The second-order valence-electron chi connectivity index (χ2n) is 3.25. The first-order valence-electron chi connectivity index (χ1n) is 4.81. The van der Waals surface area contributed by atoms with Gasteiger partial charge in [-0.2, -0.15) is 0 Å².